The lowest BCUT2D eigenvalue weighted by Crippen LogP contribution is -1.99. The molecule has 0 aliphatic rings. The molecule has 0 spiro atoms. The molecule has 26 heavy (non-hydrogen) atoms. The van der Waals surface area contributed by atoms with Crippen LogP contribution in [0.1, 0.15) is 25.3 Å². The van der Waals surface area contributed by atoms with Gasteiger partial charge in [0.25, 0.3) is 0 Å². The molecule has 0 aliphatic heterocycles. The van der Waals surface area contributed by atoms with E-state index in [-0.39, 0.29) is 0 Å². The molecule has 3 rings (SSSR count). The van der Waals surface area contributed by atoms with Gasteiger partial charge in [0, 0.05) is 5.56 Å². The fourth-order valence-corrected chi connectivity index (χ4v) is 2.43. The van der Waals surface area contributed by atoms with E-state index < -0.39 is 0 Å². The average Bonchev–Trinajstić information content (AvgIpc) is 3.16. The molecule has 0 bridgehead atoms. The maximum atomic E-state index is 5.76. The van der Waals surface area contributed by atoms with Crippen LogP contribution in [0, 0.1) is 0 Å². The van der Waals surface area contributed by atoms with Crippen LogP contribution in [0.2, 0.25) is 0 Å². The van der Waals surface area contributed by atoms with Gasteiger partial charge < -0.3 is 9.47 Å². The van der Waals surface area contributed by atoms with Gasteiger partial charge in [-0.25, -0.2) is 0 Å². The van der Waals surface area contributed by atoms with Gasteiger partial charge in [-0.1, -0.05) is 43.7 Å². The van der Waals surface area contributed by atoms with Crippen LogP contribution in [0.15, 0.2) is 60.0 Å². The highest BCUT2D eigenvalue weighted by Crippen LogP contribution is 2.27. The van der Waals surface area contributed by atoms with Crippen LogP contribution in [-0.4, -0.2) is 34.8 Å². The maximum Gasteiger partial charge on any atom is 0.184 e. The smallest absolute Gasteiger partial charge is 0.184 e. The Bertz CT molecular complexity index is 859. The number of benzene rings is 2. The normalized spacial score (nSPS) is 11.0. The predicted molar refractivity (Wildman–Crippen MR) is 102 cm³/mol. The molecule has 0 aliphatic carbocycles. The molecule has 2 aromatic carbocycles. The standard InChI is InChI=1S/C20H22N4O2/c1-3-4-12-26-18-11-10-16(13-19(18)25-2)14-22-24-15-21-23-20(24)17-8-6-5-7-9-17/h5-11,13-15H,3-4,12H2,1-2H3/b22-14-. The highest BCUT2D eigenvalue weighted by Gasteiger charge is 2.07. The van der Waals surface area contributed by atoms with E-state index in [0.29, 0.717) is 18.2 Å². The molecule has 0 atom stereocenters. The Hall–Kier alpha value is -3.15. The Morgan fingerprint density at radius 3 is 2.73 bits per heavy atom. The van der Waals surface area contributed by atoms with Crippen LogP contribution in [0.25, 0.3) is 11.4 Å². The Morgan fingerprint density at radius 1 is 1.12 bits per heavy atom. The minimum atomic E-state index is 0.682. The Kier molecular flexibility index (Phi) is 5.98. The molecule has 0 N–H and O–H groups in total. The summed E-state index contributed by atoms with van der Waals surface area (Å²) in [4.78, 5) is 0. The first-order valence-electron chi connectivity index (χ1n) is 8.62. The molecule has 1 aromatic heterocycles. The summed E-state index contributed by atoms with van der Waals surface area (Å²) in [7, 11) is 1.64. The van der Waals surface area contributed by atoms with Crippen LogP contribution in [0.5, 0.6) is 11.5 Å². The van der Waals surface area contributed by atoms with Crippen molar-refractivity contribution in [2.75, 3.05) is 13.7 Å². The molecule has 0 radical (unpaired) electrons. The quantitative estimate of drug-likeness (QED) is 0.455. The largest absolute Gasteiger partial charge is 0.493 e. The highest BCUT2D eigenvalue weighted by atomic mass is 16.5. The van der Waals surface area contributed by atoms with Gasteiger partial charge in [-0.15, -0.1) is 10.2 Å². The summed E-state index contributed by atoms with van der Waals surface area (Å²) in [6, 6.07) is 15.6. The van der Waals surface area contributed by atoms with Crippen molar-refractivity contribution in [3.63, 3.8) is 0 Å². The van der Waals surface area contributed by atoms with Gasteiger partial charge >= 0.3 is 0 Å². The van der Waals surface area contributed by atoms with Crippen molar-refractivity contribution in [2.45, 2.75) is 19.8 Å². The second-order valence-corrected chi connectivity index (χ2v) is 5.72. The molecule has 0 fully saturated rings. The van der Waals surface area contributed by atoms with E-state index in [1.165, 1.54) is 0 Å². The zero-order valence-electron chi connectivity index (χ0n) is 15.0. The Balaban J connectivity index is 1.78. The first kappa shape index (κ1) is 17.7. The van der Waals surface area contributed by atoms with Gasteiger partial charge in [0.1, 0.15) is 6.33 Å². The molecule has 0 saturated heterocycles. The second kappa shape index (κ2) is 8.80. The number of hydrogen-bond acceptors (Lipinski definition) is 5. The predicted octanol–water partition coefficient (Wildman–Crippen LogP) is 4.01. The highest BCUT2D eigenvalue weighted by molar-refractivity contribution is 5.81. The lowest BCUT2D eigenvalue weighted by Gasteiger charge is -2.10. The molecule has 6 nitrogen and oxygen atoms in total. The van der Waals surface area contributed by atoms with Crippen LogP contribution in [0.4, 0.5) is 0 Å². The minimum Gasteiger partial charge on any atom is -0.493 e. The molecule has 1 heterocycles. The first-order chi connectivity index (χ1) is 12.8. The van der Waals surface area contributed by atoms with E-state index in [1.54, 1.807) is 24.3 Å². The van der Waals surface area contributed by atoms with Crippen molar-refractivity contribution >= 4 is 6.21 Å². The zero-order valence-corrected chi connectivity index (χ0v) is 15.0. The molecule has 134 valence electrons. The number of nitrogens with zero attached hydrogens (tertiary/aromatic N) is 4. The van der Waals surface area contributed by atoms with Crippen molar-refractivity contribution in [1.82, 2.24) is 14.9 Å². The van der Waals surface area contributed by atoms with E-state index in [4.69, 9.17) is 9.47 Å². The molecule has 3 aromatic rings. The SMILES string of the molecule is CCCCOc1ccc(/C=N\n2cnnc2-c2ccccc2)cc1OC. The average molecular weight is 350 g/mol. The number of ether oxygens (including phenoxy) is 2. The fourth-order valence-electron chi connectivity index (χ4n) is 2.43. The first-order valence-corrected chi connectivity index (χ1v) is 8.62. The number of unbranched alkanes of at least 4 members (excludes halogenated alkanes) is 1. The minimum absolute atomic E-state index is 0.682. The van der Waals surface area contributed by atoms with Crippen LogP contribution in [-0.2, 0) is 0 Å². The fraction of sp³-hybridized carbons (Fsp3) is 0.250. The molecule has 0 amide bonds. The van der Waals surface area contributed by atoms with Crippen LogP contribution in [0.3, 0.4) is 0 Å². The summed E-state index contributed by atoms with van der Waals surface area (Å²) in [6.45, 7) is 2.82. The van der Waals surface area contributed by atoms with Crippen molar-refractivity contribution in [3.05, 3.63) is 60.4 Å². The van der Waals surface area contributed by atoms with Gasteiger partial charge in [-0.05, 0) is 30.2 Å². The van der Waals surface area contributed by atoms with Crippen molar-refractivity contribution in [1.29, 1.82) is 0 Å². The summed E-state index contributed by atoms with van der Waals surface area (Å²) < 4.78 is 12.8. The van der Waals surface area contributed by atoms with E-state index in [2.05, 4.69) is 22.2 Å². The maximum absolute atomic E-state index is 5.76. The number of rotatable bonds is 8. The lowest BCUT2D eigenvalue weighted by molar-refractivity contribution is 0.288. The third-order valence-corrected chi connectivity index (χ3v) is 3.84. The number of hydrogen-bond donors (Lipinski definition) is 0. The monoisotopic (exact) mass is 350 g/mol. The Morgan fingerprint density at radius 2 is 1.96 bits per heavy atom. The van der Waals surface area contributed by atoms with E-state index in [9.17, 15) is 0 Å². The zero-order chi connectivity index (χ0) is 18.2. The van der Waals surface area contributed by atoms with Crippen LogP contribution < -0.4 is 9.47 Å². The molecule has 0 unspecified atom stereocenters. The van der Waals surface area contributed by atoms with Gasteiger partial charge in [-0.2, -0.15) is 9.78 Å². The molecular formula is C20H22N4O2. The van der Waals surface area contributed by atoms with Gasteiger partial charge in [0.15, 0.2) is 17.3 Å². The summed E-state index contributed by atoms with van der Waals surface area (Å²) in [5.74, 6) is 2.12. The van der Waals surface area contributed by atoms with Gasteiger partial charge in [0.2, 0.25) is 0 Å². The third-order valence-electron chi connectivity index (χ3n) is 3.84. The molecular weight excluding hydrogens is 328 g/mol. The van der Waals surface area contributed by atoms with Gasteiger partial charge in [0.05, 0.1) is 19.9 Å². The third kappa shape index (κ3) is 4.27. The number of aromatic nitrogens is 3. The van der Waals surface area contributed by atoms with Crippen LogP contribution >= 0.6 is 0 Å². The summed E-state index contributed by atoms with van der Waals surface area (Å²) >= 11 is 0. The second-order valence-electron chi connectivity index (χ2n) is 5.72. The Labute approximate surface area is 153 Å². The molecule has 6 heteroatoms. The van der Waals surface area contributed by atoms with E-state index >= 15 is 0 Å². The van der Waals surface area contributed by atoms with E-state index in [1.807, 2.05) is 48.5 Å². The number of methoxy groups -OCH3 is 1. The summed E-state index contributed by atoms with van der Waals surface area (Å²) in [6.07, 6.45) is 5.43. The summed E-state index contributed by atoms with van der Waals surface area (Å²) in [5.41, 5.74) is 1.86. The summed E-state index contributed by atoms with van der Waals surface area (Å²) in [5, 5.41) is 12.6. The lowest BCUT2D eigenvalue weighted by atomic mass is 10.2. The van der Waals surface area contributed by atoms with Crippen molar-refractivity contribution in [2.24, 2.45) is 5.10 Å². The van der Waals surface area contributed by atoms with Crippen molar-refractivity contribution in [3.8, 4) is 22.9 Å². The molecule has 0 saturated carbocycles. The van der Waals surface area contributed by atoms with Crippen molar-refractivity contribution < 1.29 is 9.47 Å². The van der Waals surface area contributed by atoms with Gasteiger partial charge in [-0.3, -0.25) is 0 Å². The topological polar surface area (TPSA) is 61.5 Å². The van der Waals surface area contributed by atoms with E-state index in [0.717, 1.165) is 29.7 Å².